The van der Waals surface area contributed by atoms with Crippen LogP contribution in [0.25, 0.3) is 0 Å². The van der Waals surface area contributed by atoms with Crippen LogP contribution in [0.3, 0.4) is 0 Å². The number of anilines is 1. The molecule has 1 N–H and O–H groups in total. The predicted octanol–water partition coefficient (Wildman–Crippen LogP) is 0.578. The fraction of sp³-hybridized carbons (Fsp3) is 0.444. The highest BCUT2D eigenvalue weighted by Crippen LogP contribution is 2.18. The first-order valence-corrected chi connectivity index (χ1v) is 4.49. The van der Waals surface area contributed by atoms with Crippen molar-refractivity contribution in [2.24, 2.45) is 0 Å². The van der Waals surface area contributed by atoms with Gasteiger partial charge in [-0.25, -0.2) is 4.68 Å². The van der Waals surface area contributed by atoms with Gasteiger partial charge in [-0.1, -0.05) is 0 Å². The van der Waals surface area contributed by atoms with Crippen molar-refractivity contribution in [1.29, 1.82) is 5.41 Å². The summed E-state index contributed by atoms with van der Waals surface area (Å²) < 4.78 is 1.77. The number of rotatable bonds is 0. The standard InChI is InChI=1S/C9H12N4O/c1-6-5-8-12(2)9(14)7(10)3-4-13(8)11-6/h5,10H,3-4H2,1-2H3. The number of nitrogens with zero attached hydrogens (tertiary/aromatic N) is 3. The highest BCUT2D eigenvalue weighted by Gasteiger charge is 2.23. The Morgan fingerprint density at radius 2 is 2.29 bits per heavy atom. The van der Waals surface area contributed by atoms with Gasteiger partial charge in [0.2, 0.25) is 0 Å². The number of carbonyl (C=O) groups excluding carboxylic acids is 1. The minimum Gasteiger partial charge on any atom is -0.300 e. The Hall–Kier alpha value is -1.65. The van der Waals surface area contributed by atoms with E-state index in [1.54, 1.807) is 11.7 Å². The van der Waals surface area contributed by atoms with Crippen molar-refractivity contribution in [3.05, 3.63) is 11.8 Å². The normalized spacial score (nSPS) is 16.9. The molecule has 0 radical (unpaired) electrons. The molecule has 1 aliphatic heterocycles. The number of fused-ring (bicyclic) bond motifs is 1. The SMILES string of the molecule is Cc1cc2n(n1)CCC(=N)C(=O)N2C. The van der Waals surface area contributed by atoms with E-state index in [9.17, 15) is 4.79 Å². The maximum absolute atomic E-state index is 11.6. The molecule has 0 unspecified atom stereocenters. The third-order valence-electron chi connectivity index (χ3n) is 2.36. The zero-order valence-corrected chi connectivity index (χ0v) is 8.24. The van der Waals surface area contributed by atoms with Gasteiger partial charge in [0.15, 0.2) is 0 Å². The molecule has 5 nitrogen and oxygen atoms in total. The van der Waals surface area contributed by atoms with E-state index < -0.39 is 0 Å². The molecule has 0 saturated heterocycles. The largest absolute Gasteiger partial charge is 0.300 e. The maximum Gasteiger partial charge on any atom is 0.272 e. The van der Waals surface area contributed by atoms with E-state index in [1.807, 2.05) is 13.0 Å². The average Bonchev–Trinajstić information content (AvgIpc) is 2.49. The Morgan fingerprint density at radius 1 is 1.57 bits per heavy atom. The zero-order chi connectivity index (χ0) is 10.3. The minimum atomic E-state index is -0.233. The lowest BCUT2D eigenvalue weighted by atomic mass is 10.2. The molecule has 2 rings (SSSR count). The molecule has 0 atom stereocenters. The Balaban J connectivity index is 2.48. The topological polar surface area (TPSA) is 62.0 Å². The monoisotopic (exact) mass is 192 g/mol. The van der Waals surface area contributed by atoms with Gasteiger partial charge in [-0.3, -0.25) is 15.1 Å². The number of hydrogen-bond acceptors (Lipinski definition) is 3. The highest BCUT2D eigenvalue weighted by molar-refractivity contribution is 6.42. The van der Waals surface area contributed by atoms with E-state index in [4.69, 9.17) is 5.41 Å². The Kier molecular flexibility index (Phi) is 1.87. The molecule has 2 heterocycles. The molecule has 0 aliphatic carbocycles. The molecule has 74 valence electrons. The van der Waals surface area contributed by atoms with Gasteiger partial charge >= 0.3 is 0 Å². The van der Waals surface area contributed by atoms with Crippen LogP contribution in [0.4, 0.5) is 5.82 Å². The predicted molar refractivity (Wildman–Crippen MR) is 52.7 cm³/mol. The molecule has 0 spiro atoms. The van der Waals surface area contributed by atoms with Crippen LogP contribution in [-0.4, -0.2) is 28.4 Å². The average molecular weight is 192 g/mol. The van der Waals surface area contributed by atoms with Gasteiger partial charge in [-0.2, -0.15) is 5.10 Å². The van der Waals surface area contributed by atoms with Crippen molar-refractivity contribution < 1.29 is 4.79 Å². The van der Waals surface area contributed by atoms with Crippen LogP contribution in [0.15, 0.2) is 6.07 Å². The van der Waals surface area contributed by atoms with Crippen molar-refractivity contribution in [3.63, 3.8) is 0 Å². The third-order valence-corrected chi connectivity index (χ3v) is 2.36. The van der Waals surface area contributed by atoms with Gasteiger partial charge in [0.05, 0.1) is 11.4 Å². The number of amides is 1. The second kappa shape index (κ2) is 2.94. The molecule has 0 fully saturated rings. The number of carbonyl (C=O) groups is 1. The van der Waals surface area contributed by atoms with Gasteiger partial charge in [0.25, 0.3) is 5.91 Å². The molecule has 0 aromatic carbocycles. The minimum absolute atomic E-state index is 0.149. The first-order chi connectivity index (χ1) is 6.59. The van der Waals surface area contributed by atoms with Gasteiger partial charge in [0, 0.05) is 26.1 Å². The van der Waals surface area contributed by atoms with E-state index in [2.05, 4.69) is 5.10 Å². The molecule has 5 heteroatoms. The van der Waals surface area contributed by atoms with Crippen LogP contribution in [0.1, 0.15) is 12.1 Å². The fourth-order valence-electron chi connectivity index (χ4n) is 1.60. The van der Waals surface area contributed by atoms with Crippen LogP contribution in [-0.2, 0) is 11.3 Å². The van der Waals surface area contributed by atoms with Crippen molar-refractivity contribution in [3.8, 4) is 0 Å². The van der Waals surface area contributed by atoms with Gasteiger partial charge < -0.3 is 0 Å². The molecule has 1 aromatic rings. The van der Waals surface area contributed by atoms with Crippen LogP contribution in [0, 0.1) is 12.3 Å². The highest BCUT2D eigenvalue weighted by atomic mass is 16.2. The molecule has 0 bridgehead atoms. The second-order valence-electron chi connectivity index (χ2n) is 3.46. The lowest BCUT2D eigenvalue weighted by molar-refractivity contribution is -0.112. The van der Waals surface area contributed by atoms with Crippen molar-refractivity contribution in [2.75, 3.05) is 11.9 Å². The lowest BCUT2D eigenvalue weighted by Crippen LogP contribution is -2.31. The summed E-state index contributed by atoms with van der Waals surface area (Å²) in [5, 5.41) is 11.8. The summed E-state index contributed by atoms with van der Waals surface area (Å²) in [6.45, 7) is 2.50. The van der Waals surface area contributed by atoms with E-state index >= 15 is 0 Å². The van der Waals surface area contributed by atoms with Crippen molar-refractivity contribution in [1.82, 2.24) is 9.78 Å². The van der Waals surface area contributed by atoms with Crippen LogP contribution < -0.4 is 4.90 Å². The van der Waals surface area contributed by atoms with Crippen LogP contribution in [0.2, 0.25) is 0 Å². The van der Waals surface area contributed by atoms with Gasteiger partial charge in [-0.05, 0) is 6.92 Å². The van der Waals surface area contributed by atoms with Crippen molar-refractivity contribution >= 4 is 17.4 Å². The smallest absolute Gasteiger partial charge is 0.272 e. The summed E-state index contributed by atoms with van der Waals surface area (Å²) in [5.74, 6) is 0.540. The fourth-order valence-corrected chi connectivity index (χ4v) is 1.60. The summed E-state index contributed by atoms with van der Waals surface area (Å²) in [6.07, 6.45) is 0.456. The Bertz CT molecular complexity index is 407. The van der Waals surface area contributed by atoms with Gasteiger partial charge in [0.1, 0.15) is 5.82 Å². The van der Waals surface area contributed by atoms with Gasteiger partial charge in [-0.15, -0.1) is 0 Å². The third kappa shape index (κ3) is 1.21. The molecule has 0 saturated carbocycles. The van der Waals surface area contributed by atoms with Crippen LogP contribution >= 0.6 is 0 Å². The zero-order valence-electron chi connectivity index (χ0n) is 8.24. The van der Waals surface area contributed by atoms with E-state index in [-0.39, 0.29) is 11.6 Å². The number of nitrogens with one attached hydrogen (secondary N) is 1. The van der Waals surface area contributed by atoms with E-state index in [1.165, 1.54) is 4.90 Å². The number of aromatic nitrogens is 2. The summed E-state index contributed by atoms with van der Waals surface area (Å²) in [4.78, 5) is 13.1. The second-order valence-corrected chi connectivity index (χ2v) is 3.46. The Morgan fingerprint density at radius 3 is 3.00 bits per heavy atom. The van der Waals surface area contributed by atoms with Crippen molar-refractivity contribution in [2.45, 2.75) is 19.9 Å². The molecule has 1 aliphatic rings. The quantitative estimate of drug-likeness (QED) is 0.653. The van der Waals surface area contributed by atoms with E-state index in [0.29, 0.717) is 13.0 Å². The Labute approximate surface area is 81.8 Å². The summed E-state index contributed by atoms with van der Waals surface area (Å²) in [7, 11) is 1.68. The van der Waals surface area contributed by atoms with E-state index in [0.717, 1.165) is 11.5 Å². The molecule has 1 aromatic heterocycles. The first-order valence-electron chi connectivity index (χ1n) is 4.49. The molecular weight excluding hydrogens is 180 g/mol. The number of hydrogen-bond donors (Lipinski definition) is 1. The molecule has 1 amide bonds. The summed E-state index contributed by atoms with van der Waals surface area (Å²) >= 11 is 0. The molecule has 14 heavy (non-hydrogen) atoms. The van der Waals surface area contributed by atoms with Crippen LogP contribution in [0.5, 0.6) is 0 Å². The number of aryl methyl sites for hydroxylation is 2. The summed E-state index contributed by atoms with van der Waals surface area (Å²) in [6, 6.07) is 1.86. The molecular formula is C9H12N4O. The summed E-state index contributed by atoms with van der Waals surface area (Å²) in [5.41, 5.74) is 1.05. The first kappa shape index (κ1) is 8.93. The lowest BCUT2D eigenvalue weighted by Gasteiger charge is -2.13. The maximum atomic E-state index is 11.6.